The van der Waals surface area contributed by atoms with E-state index >= 15 is 0 Å². The van der Waals surface area contributed by atoms with E-state index in [-0.39, 0.29) is 12.5 Å². The van der Waals surface area contributed by atoms with Gasteiger partial charge in [0.1, 0.15) is 22.9 Å². The largest absolute Gasteiger partial charge is 0.480 e. The molecule has 0 aliphatic rings. The first-order chi connectivity index (χ1) is 14.3. The third-order valence-corrected chi connectivity index (χ3v) is 4.57. The van der Waals surface area contributed by atoms with Crippen LogP contribution in [0.1, 0.15) is 29.8 Å². The Bertz CT molecular complexity index is 1060. The number of hydrogen-bond acceptors (Lipinski definition) is 8. The zero-order valence-corrected chi connectivity index (χ0v) is 17.8. The van der Waals surface area contributed by atoms with Gasteiger partial charge in [0.05, 0.1) is 13.3 Å². The van der Waals surface area contributed by atoms with Crippen LogP contribution in [-0.2, 0) is 0 Å². The molecule has 160 valence electrons. The van der Waals surface area contributed by atoms with Gasteiger partial charge in [0.2, 0.25) is 5.88 Å². The van der Waals surface area contributed by atoms with E-state index < -0.39 is 5.41 Å². The molecule has 30 heavy (non-hydrogen) atoms. The van der Waals surface area contributed by atoms with Crippen molar-refractivity contribution in [1.82, 2.24) is 24.9 Å². The highest BCUT2D eigenvalue weighted by molar-refractivity contribution is 6.00. The second-order valence-electron chi connectivity index (χ2n) is 7.77. The summed E-state index contributed by atoms with van der Waals surface area (Å²) in [4.78, 5) is 21.6. The van der Waals surface area contributed by atoms with Crippen LogP contribution < -0.4 is 20.7 Å². The van der Waals surface area contributed by atoms with Gasteiger partial charge in [-0.2, -0.15) is 9.61 Å². The van der Waals surface area contributed by atoms with Crippen molar-refractivity contribution in [3.05, 3.63) is 35.7 Å². The van der Waals surface area contributed by atoms with Crippen LogP contribution in [0.15, 0.2) is 24.5 Å². The zero-order valence-electron chi connectivity index (χ0n) is 17.8. The van der Waals surface area contributed by atoms with Crippen molar-refractivity contribution in [2.45, 2.75) is 20.8 Å². The van der Waals surface area contributed by atoms with E-state index in [2.05, 4.69) is 31.0 Å². The lowest BCUT2D eigenvalue weighted by molar-refractivity contribution is 0.0912. The van der Waals surface area contributed by atoms with E-state index in [1.807, 2.05) is 26.8 Å². The number of hydrogen-bond donors (Lipinski definition) is 4. The van der Waals surface area contributed by atoms with Crippen LogP contribution in [-0.4, -0.2) is 57.9 Å². The number of anilines is 3. The van der Waals surface area contributed by atoms with Crippen LogP contribution in [0.5, 0.6) is 5.88 Å². The number of aryl methyl sites for hydroxylation is 1. The number of nitrogens with zero attached hydrogens (tertiary/aromatic N) is 4. The van der Waals surface area contributed by atoms with Crippen LogP contribution in [0, 0.1) is 12.3 Å². The van der Waals surface area contributed by atoms with Crippen molar-refractivity contribution in [2.24, 2.45) is 5.41 Å². The first kappa shape index (κ1) is 21.3. The molecule has 0 fully saturated rings. The number of aliphatic hydroxyl groups excluding tert-OH is 1. The number of pyridine rings is 1. The summed E-state index contributed by atoms with van der Waals surface area (Å²) in [6.45, 7) is 5.95. The Morgan fingerprint density at radius 2 is 2.07 bits per heavy atom. The maximum atomic E-state index is 12.7. The third kappa shape index (κ3) is 4.43. The molecule has 3 aromatic heterocycles. The molecule has 3 aromatic rings. The first-order valence-electron chi connectivity index (χ1n) is 9.51. The molecular formula is C20H27N7O3. The second-order valence-corrected chi connectivity index (χ2v) is 7.77. The normalized spacial score (nSPS) is 11.4. The number of carbonyl (C=O) groups is 1. The van der Waals surface area contributed by atoms with E-state index in [1.165, 1.54) is 6.20 Å². The van der Waals surface area contributed by atoms with E-state index in [0.29, 0.717) is 41.0 Å². The lowest BCUT2D eigenvalue weighted by Crippen LogP contribution is -2.36. The number of aliphatic hydroxyl groups is 1. The molecule has 0 unspecified atom stereocenters. The standard InChI is InChI=1S/C20H27N7O3/c1-12-6-14(19(30-5)22-8-12)25-15-7-16(21-4)27-17(26-15)13(9-24-27)18(29)23-10-20(2,3)11-28/h6-9,21,28H,10-11H2,1-5H3,(H,23,29)(H,25,26). The molecule has 0 saturated heterocycles. The Kier molecular flexibility index (Phi) is 6.06. The maximum Gasteiger partial charge on any atom is 0.256 e. The highest BCUT2D eigenvalue weighted by Gasteiger charge is 2.21. The monoisotopic (exact) mass is 413 g/mol. The Labute approximate surface area is 174 Å². The number of carbonyl (C=O) groups excluding carboxylic acids is 1. The van der Waals surface area contributed by atoms with Gasteiger partial charge in [-0.3, -0.25) is 4.79 Å². The van der Waals surface area contributed by atoms with Crippen LogP contribution in [0.25, 0.3) is 5.65 Å². The predicted molar refractivity (Wildman–Crippen MR) is 115 cm³/mol. The lowest BCUT2D eigenvalue weighted by Gasteiger charge is -2.21. The average molecular weight is 413 g/mol. The molecule has 0 bridgehead atoms. The maximum absolute atomic E-state index is 12.7. The molecule has 3 heterocycles. The fraction of sp³-hybridized carbons (Fsp3) is 0.400. The minimum Gasteiger partial charge on any atom is -0.480 e. The van der Waals surface area contributed by atoms with Crippen molar-refractivity contribution in [1.29, 1.82) is 0 Å². The highest BCUT2D eigenvalue weighted by Crippen LogP contribution is 2.27. The Morgan fingerprint density at radius 1 is 1.30 bits per heavy atom. The summed E-state index contributed by atoms with van der Waals surface area (Å²) >= 11 is 0. The summed E-state index contributed by atoms with van der Waals surface area (Å²) in [5, 5.41) is 22.8. The molecule has 0 spiro atoms. The van der Waals surface area contributed by atoms with Gasteiger partial charge in [0.15, 0.2) is 5.65 Å². The van der Waals surface area contributed by atoms with Gasteiger partial charge in [0.25, 0.3) is 5.91 Å². The SMILES string of the molecule is CNc1cc(Nc2cc(C)cnc2OC)nc2c(C(=O)NCC(C)(C)CO)cnn12. The number of methoxy groups -OCH3 is 1. The number of fused-ring (bicyclic) bond motifs is 1. The van der Waals surface area contributed by atoms with Gasteiger partial charge < -0.3 is 25.8 Å². The smallest absolute Gasteiger partial charge is 0.256 e. The molecule has 0 aliphatic heterocycles. The number of aromatic nitrogens is 4. The second kappa shape index (κ2) is 8.54. The van der Waals surface area contributed by atoms with Crippen molar-refractivity contribution in [3.8, 4) is 5.88 Å². The lowest BCUT2D eigenvalue weighted by atomic mass is 9.95. The molecule has 10 heteroatoms. The zero-order chi connectivity index (χ0) is 21.9. The van der Waals surface area contributed by atoms with Gasteiger partial charge in [-0.05, 0) is 18.6 Å². The average Bonchev–Trinajstić information content (AvgIpc) is 3.16. The molecule has 0 radical (unpaired) electrons. The van der Waals surface area contributed by atoms with Crippen LogP contribution in [0.2, 0.25) is 0 Å². The molecule has 0 saturated carbocycles. The Morgan fingerprint density at radius 3 is 2.73 bits per heavy atom. The molecule has 3 rings (SSSR count). The summed E-state index contributed by atoms with van der Waals surface area (Å²) in [6.07, 6.45) is 3.19. The van der Waals surface area contributed by atoms with E-state index in [0.717, 1.165) is 5.56 Å². The van der Waals surface area contributed by atoms with E-state index in [4.69, 9.17) is 4.74 Å². The van der Waals surface area contributed by atoms with Crippen molar-refractivity contribution >= 4 is 28.9 Å². The topological polar surface area (TPSA) is 126 Å². The Hall–Kier alpha value is -3.40. The Balaban J connectivity index is 1.97. The van der Waals surface area contributed by atoms with Gasteiger partial charge >= 0.3 is 0 Å². The van der Waals surface area contributed by atoms with Gasteiger partial charge in [-0.15, -0.1) is 0 Å². The van der Waals surface area contributed by atoms with Crippen LogP contribution in [0.4, 0.5) is 17.3 Å². The molecule has 0 aliphatic carbocycles. The number of nitrogens with one attached hydrogen (secondary N) is 3. The van der Waals surface area contributed by atoms with Gasteiger partial charge in [-0.1, -0.05) is 13.8 Å². The van der Waals surface area contributed by atoms with Gasteiger partial charge in [0, 0.05) is 37.9 Å². The molecule has 0 aromatic carbocycles. The minimum atomic E-state index is -0.427. The molecule has 10 nitrogen and oxygen atoms in total. The summed E-state index contributed by atoms with van der Waals surface area (Å²) in [5.41, 5.74) is 1.92. The summed E-state index contributed by atoms with van der Waals surface area (Å²) in [5.74, 6) is 1.28. The summed E-state index contributed by atoms with van der Waals surface area (Å²) in [6, 6.07) is 3.68. The van der Waals surface area contributed by atoms with E-state index in [1.54, 1.807) is 30.9 Å². The van der Waals surface area contributed by atoms with Gasteiger partial charge in [-0.25, -0.2) is 9.97 Å². The first-order valence-corrected chi connectivity index (χ1v) is 9.51. The van der Waals surface area contributed by atoms with Crippen molar-refractivity contribution in [3.63, 3.8) is 0 Å². The molecule has 0 atom stereocenters. The van der Waals surface area contributed by atoms with E-state index in [9.17, 15) is 9.90 Å². The fourth-order valence-corrected chi connectivity index (χ4v) is 2.78. The predicted octanol–water partition coefficient (Wildman–Crippen LogP) is 1.97. The van der Waals surface area contributed by atoms with Crippen molar-refractivity contribution < 1.29 is 14.6 Å². The molecular weight excluding hydrogens is 386 g/mol. The molecule has 4 N–H and O–H groups in total. The number of ether oxygens (including phenoxy) is 1. The van der Waals surface area contributed by atoms with Crippen LogP contribution in [0.3, 0.4) is 0 Å². The summed E-state index contributed by atoms with van der Waals surface area (Å²) in [7, 11) is 3.31. The summed E-state index contributed by atoms with van der Waals surface area (Å²) < 4.78 is 6.88. The van der Waals surface area contributed by atoms with Crippen LogP contribution >= 0.6 is 0 Å². The van der Waals surface area contributed by atoms with Crippen molar-refractivity contribution in [2.75, 3.05) is 37.9 Å². The number of amides is 1. The minimum absolute atomic E-state index is 0.0371. The highest BCUT2D eigenvalue weighted by atomic mass is 16.5. The quantitative estimate of drug-likeness (QED) is 0.442. The fourth-order valence-electron chi connectivity index (χ4n) is 2.78. The number of rotatable bonds is 8. The molecule has 1 amide bonds. The third-order valence-electron chi connectivity index (χ3n) is 4.57.